The maximum Gasteiger partial charge on any atom is 0.166 e. The lowest BCUT2D eigenvalue weighted by molar-refractivity contribution is -0.102. The van der Waals surface area contributed by atoms with Gasteiger partial charge in [0.25, 0.3) is 0 Å². The van der Waals surface area contributed by atoms with Gasteiger partial charge in [-0.2, -0.15) is 0 Å². The SMILES string of the molecule is CCCCC1=NCC(C=O)=N1. The molecule has 11 heavy (non-hydrogen) atoms. The second-order valence-corrected chi connectivity index (χ2v) is 2.56. The van der Waals surface area contributed by atoms with Crippen molar-refractivity contribution in [2.24, 2.45) is 9.98 Å². The van der Waals surface area contributed by atoms with E-state index in [1.807, 2.05) is 0 Å². The third-order valence-electron chi connectivity index (χ3n) is 1.59. The zero-order chi connectivity index (χ0) is 8.10. The predicted octanol–water partition coefficient (Wildman–Crippen LogP) is 1.23. The van der Waals surface area contributed by atoms with Crippen molar-refractivity contribution in [3.8, 4) is 0 Å². The van der Waals surface area contributed by atoms with Gasteiger partial charge in [0.1, 0.15) is 11.5 Å². The maximum absolute atomic E-state index is 10.2. The van der Waals surface area contributed by atoms with Crippen molar-refractivity contribution in [2.75, 3.05) is 6.54 Å². The molecule has 60 valence electrons. The molecule has 0 atom stereocenters. The summed E-state index contributed by atoms with van der Waals surface area (Å²) in [5.41, 5.74) is 0.566. The van der Waals surface area contributed by atoms with Crippen LogP contribution in [0.25, 0.3) is 0 Å². The minimum absolute atomic E-state index is 0.489. The van der Waals surface area contributed by atoms with E-state index in [9.17, 15) is 4.79 Å². The van der Waals surface area contributed by atoms with Gasteiger partial charge in [-0.25, -0.2) is 4.99 Å². The molecule has 0 aliphatic carbocycles. The van der Waals surface area contributed by atoms with E-state index in [0.717, 1.165) is 31.4 Å². The van der Waals surface area contributed by atoms with Crippen molar-refractivity contribution < 1.29 is 4.79 Å². The number of amidine groups is 1. The summed E-state index contributed by atoms with van der Waals surface area (Å²) in [6, 6.07) is 0. The normalized spacial score (nSPS) is 16.1. The topological polar surface area (TPSA) is 41.8 Å². The Balaban J connectivity index is 2.37. The molecule has 0 aromatic carbocycles. The quantitative estimate of drug-likeness (QED) is 0.558. The lowest BCUT2D eigenvalue weighted by Crippen LogP contribution is -1.99. The molecule has 0 unspecified atom stereocenters. The van der Waals surface area contributed by atoms with Gasteiger partial charge < -0.3 is 0 Å². The van der Waals surface area contributed by atoms with Gasteiger partial charge >= 0.3 is 0 Å². The lowest BCUT2D eigenvalue weighted by Gasteiger charge is -1.91. The fraction of sp³-hybridized carbons (Fsp3) is 0.625. The van der Waals surface area contributed by atoms with E-state index in [-0.39, 0.29) is 0 Å². The molecule has 0 aromatic heterocycles. The van der Waals surface area contributed by atoms with Gasteiger partial charge in [0.15, 0.2) is 6.29 Å². The highest BCUT2D eigenvalue weighted by atomic mass is 16.1. The molecule has 0 N–H and O–H groups in total. The van der Waals surface area contributed by atoms with Crippen molar-refractivity contribution >= 4 is 17.8 Å². The van der Waals surface area contributed by atoms with Gasteiger partial charge in [-0.3, -0.25) is 9.79 Å². The van der Waals surface area contributed by atoms with Crippen LogP contribution in [0.5, 0.6) is 0 Å². The average molecular weight is 152 g/mol. The van der Waals surface area contributed by atoms with Crippen LogP contribution in [-0.2, 0) is 4.79 Å². The predicted molar refractivity (Wildman–Crippen MR) is 45.3 cm³/mol. The van der Waals surface area contributed by atoms with E-state index in [0.29, 0.717) is 12.3 Å². The Morgan fingerprint density at radius 1 is 1.64 bits per heavy atom. The first-order valence-corrected chi connectivity index (χ1v) is 3.93. The number of hydrogen-bond acceptors (Lipinski definition) is 3. The molecule has 0 saturated carbocycles. The smallest absolute Gasteiger partial charge is 0.166 e. The number of unbranched alkanes of at least 4 members (excludes halogenated alkanes) is 1. The number of carbonyl (C=O) groups is 1. The number of nitrogens with zero attached hydrogens (tertiary/aromatic N) is 2. The van der Waals surface area contributed by atoms with Gasteiger partial charge in [0, 0.05) is 6.42 Å². The van der Waals surface area contributed by atoms with Gasteiger partial charge in [-0.1, -0.05) is 13.3 Å². The molecule has 1 aliphatic heterocycles. The number of aliphatic imine (C=N–C) groups is 2. The summed E-state index contributed by atoms with van der Waals surface area (Å²) < 4.78 is 0. The molecular formula is C8H12N2O. The summed E-state index contributed by atoms with van der Waals surface area (Å²) >= 11 is 0. The minimum atomic E-state index is 0.489. The fourth-order valence-electron chi connectivity index (χ4n) is 0.942. The summed E-state index contributed by atoms with van der Waals surface area (Å²) in [4.78, 5) is 18.4. The highest BCUT2D eigenvalue weighted by Gasteiger charge is 2.07. The first-order valence-electron chi connectivity index (χ1n) is 3.93. The van der Waals surface area contributed by atoms with E-state index in [4.69, 9.17) is 0 Å². The Bertz CT molecular complexity index is 206. The third-order valence-corrected chi connectivity index (χ3v) is 1.59. The van der Waals surface area contributed by atoms with Crippen LogP contribution in [0.1, 0.15) is 26.2 Å². The van der Waals surface area contributed by atoms with Crippen LogP contribution in [0.3, 0.4) is 0 Å². The van der Waals surface area contributed by atoms with Gasteiger partial charge in [0.05, 0.1) is 6.54 Å². The molecule has 0 aromatic rings. The van der Waals surface area contributed by atoms with E-state index in [1.54, 1.807) is 0 Å². The Labute approximate surface area is 66.2 Å². The monoisotopic (exact) mass is 152 g/mol. The molecule has 0 spiro atoms. The summed E-state index contributed by atoms with van der Waals surface area (Å²) in [5, 5.41) is 0. The summed E-state index contributed by atoms with van der Waals surface area (Å²) in [7, 11) is 0. The Hall–Kier alpha value is -0.990. The van der Waals surface area contributed by atoms with Crippen molar-refractivity contribution in [1.29, 1.82) is 0 Å². The third kappa shape index (κ3) is 2.26. The highest BCUT2D eigenvalue weighted by molar-refractivity contribution is 6.33. The lowest BCUT2D eigenvalue weighted by atomic mass is 10.2. The Kier molecular flexibility index (Phi) is 2.95. The van der Waals surface area contributed by atoms with Crippen LogP contribution < -0.4 is 0 Å². The summed E-state index contributed by atoms with van der Waals surface area (Å²) in [6.07, 6.45) is 3.94. The molecule has 0 radical (unpaired) electrons. The van der Waals surface area contributed by atoms with Crippen LogP contribution >= 0.6 is 0 Å². The second kappa shape index (κ2) is 4.01. The van der Waals surface area contributed by atoms with Crippen LogP contribution in [0.2, 0.25) is 0 Å². The first kappa shape index (κ1) is 8.11. The Morgan fingerprint density at radius 3 is 3.00 bits per heavy atom. The average Bonchev–Trinajstić information content (AvgIpc) is 2.48. The second-order valence-electron chi connectivity index (χ2n) is 2.56. The van der Waals surface area contributed by atoms with Gasteiger partial charge in [0.2, 0.25) is 0 Å². The van der Waals surface area contributed by atoms with Crippen LogP contribution in [0, 0.1) is 0 Å². The molecule has 0 saturated heterocycles. The molecule has 0 bridgehead atoms. The van der Waals surface area contributed by atoms with Crippen LogP contribution in [0.4, 0.5) is 0 Å². The maximum atomic E-state index is 10.2. The number of carbonyl (C=O) groups excluding carboxylic acids is 1. The minimum Gasteiger partial charge on any atom is -0.296 e. The standard InChI is InChI=1S/C8H12N2O/c1-2-3-4-8-9-5-7(6-11)10-8/h6H,2-5H2,1H3. The van der Waals surface area contributed by atoms with Crippen molar-refractivity contribution in [3.63, 3.8) is 0 Å². The van der Waals surface area contributed by atoms with Crippen LogP contribution in [0.15, 0.2) is 9.98 Å². The summed E-state index contributed by atoms with van der Waals surface area (Å²) in [5.74, 6) is 0.842. The molecular weight excluding hydrogens is 140 g/mol. The molecule has 3 nitrogen and oxygen atoms in total. The Morgan fingerprint density at radius 2 is 2.45 bits per heavy atom. The van der Waals surface area contributed by atoms with Gasteiger partial charge in [-0.05, 0) is 6.42 Å². The van der Waals surface area contributed by atoms with E-state index >= 15 is 0 Å². The molecule has 1 heterocycles. The molecule has 1 aliphatic rings. The first-order chi connectivity index (χ1) is 5.36. The van der Waals surface area contributed by atoms with E-state index < -0.39 is 0 Å². The van der Waals surface area contributed by atoms with Crippen molar-refractivity contribution in [2.45, 2.75) is 26.2 Å². The van der Waals surface area contributed by atoms with Crippen molar-refractivity contribution in [3.05, 3.63) is 0 Å². The number of hydrogen-bond donors (Lipinski definition) is 0. The van der Waals surface area contributed by atoms with Crippen molar-refractivity contribution in [1.82, 2.24) is 0 Å². The molecule has 3 heteroatoms. The number of aldehydes is 1. The van der Waals surface area contributed by atoms with Gasteiger partial charge in [-0.15, -0.1) is 0 Å². The largest absolute Gasteiger partial charge is 0.296 e. The highest BCUT2D eigenvalue weighted by Crippen LogP contribution is 2.03. The van der Waals surface area contributed by atoms with Crippen LogP contribution in [-0.4, -0.2) is 24.4 Å². The van der Waals surface area contributed by atoms with E-state index in [1.165, 1.54) is 0 Å². The fourth-order valence-corrected chi connectivity index (χ4v) is 0.942. The summed E-state index contributed by atoms with van der Waals surface area (Å²) in [6.45, 7) is 2.61. The molecule has 1 rings (SSSR count). The van der Waals surface area contributed by atoms with E-state index in [2.05, 4.69) is 16.9 Å². The zero-order valence-corrected chi connectivity index (χ0v) is 6.71. The number of rotatable bonds is 4. The molecule has 0 fully saturated rings. The molecule has 0 amide bonds. The zero-order valence-electron chi connectivity index (χ0n) is 6.71.